The highest BCUT2D eigenvalue weighted by Crippen LogP contribution is 2.69. The molecule has 0 saturated heterocycles. The molecule has 1 aromatic rings. The third-order valence-electron chi connectivity index (χ3n) is 15.7. The van der Waals surface area contributed by atoms with Crippen LogP contribution < -0.4 is 0 Å². The maximum absolute atomic E-state index is 12.7. The van der Waals surface area contributed by atoms with Crippen LogP contribution in [-0.4, -0.2) is 5.11 Å². The van der Waals surface area contributed by atoms with Crippen LogP contribution in [0.4, 0.5) is 0 Å². The lowest BCUT2D eigenvalue weighted by molar-refractivity contribution is -0.0197. The second-order valence-electron chi connectivity index (χ2n) is 18.3. The summed E-state index contributed by atoms with van der Waals surface area (Å²) in [6, 6.07) is 0. The van der Waals surface area contributed by atoms with Gasteiger partial charge in [0.2, 0.25) is 0 Å². The second kappa shape index (κ2) is 7.50. The van der Waals surface area contributed by atoms with E-state index < -0.39 is 0 Å². The third-order valence-corrected chi connectivity index (χ3v) is 15.7. The summed E-state index contributed by atoms with van der Waals surface area (Å²) in [5.41, 5.74) is 9.21. The molecule has 12 bridgehead atoms. The van der Waals surface area contributed by atoms with Crippen LogP contribution in [0.5, 0.6) is 5.75 Å². The maximum atomic E-state index is 12.7. The van der Waals surface area contributed by atoms with Gasteiger partial charge >= 0.3 is 0 Å². The summed E-state index contributed by atoms with van der Waals surface area (Å²) in [6.45, 7) is 5.02. The molecule has 0 heterocycles. The molecular weight excluding hydrogens is 472 g/mol. The van der Waals surface area contributed by atoms with Crippen molar-refractivity contribution in [3.05, 3.63) is 27.8 Å². The topological polar surface area (TPSA) is 20.2 Å². The largest absolute Gasteiger partial charge is 0.507 e. The molecule has 0 amide bonds. The second-order valence-corrected chi connectivity index (χ2v) is 18.3. The van der Waals surface area contributed by atoms with Gasteiger partial charge in [-0.2, -0.15) is 0 Å². The minimum absolute atomic E-state index is 0.285. The quantitative estimate of drug-likeness (QED) is 0.417. The van der Waals surface area contributed by atoms with E-state index in [1.807, 2.05) is 0 Å². The molecular formula is C38H52O. The smallest absolute Gasteiger partial charge is 0.122 e. The number of aromatic hydroxyl groups is 1. The van der Waals surface area contributed by atoms with Crippen LogP contribution in [-0.2, 0) is 16.2 Å². The maximum Gasteiger partial charge on any atom is 0.122 e. The molecule has 39 heavy (non-hydrogen) atoms. The molecule has 12 fully saturated rings. The Morgan fingerprint density at radius 3 is 0.949 bits per heavy atom. The van der Waals surface area contributed by atoms with Crippen molar-refractivity contribution in [2.45, 2.75) is 146 Å². The Bertz CT molecular complexity index is 1140. The molecule has 0 aromatic heterocycles. The van der Waals surface area contributed by atoms with E-state index in [2.05, 4.69) is 13.8 Å². The van der Waals surface area contributed by atoms with Gasteiger partial charge in [-0.15, -0.1) is 0 Å². The molecule has 1 aromatic carbocycles. The van der Waals surface area contributed by atoms with E-state index in [0.29, 0.717) is 10.8 Å². The molecule has 0 aliphatic heterocycles. The van der Waals surface area contributed by atoms with Gasteiger partial charge in [0.05, 0.1) is 0 Å². The highest BCUT2D eigenvalue weighted by molar-refractivity contribution is 5.63. The summed E-state index contributed by atoms with van der Waals surface area (Å²) in [5.74, 6) is 9.41. The number of hydrogen-bond acceptors (Lipinski definition) is 1. The first-order chi connectivity index (χ1) is 18.8. The Balaban J connectivity index is 1.22. The number of phenols is 1. The molecule has 0 radical (unpaired) electrons. The van der Waals surface area contributed by atoms with E-state index in [1.165, 1.54) is 121 Å². The zero-order valence-corrected chi connectivity index (χ0v) is 24.9. The SMILES string of the molecule is Cc1c(O)c(C23CC4CC(CC(C4)C2)C3)c(C23CC4CC(CC(C4)C2)C3)c(C)c1C12CC3CC(CC(C3)C1)C2. The van der Waals surface area contributed by atoms with Gasteiger partial charge in [0.1, 0.15) is 5.75 Å². The number of rotatable bonds is 3. The average molecular weight is 525 g/mol. The molecule has 1 heteroatoms. The van der Waals surface area contributed by atoms with Crippen LogP contribution in [0.25, 0.3) is 0 Å². The van der Waals surface area contributed by atoms with Crippen LogP contribution in [0.2, 0.25) is 0 Å². The number of phenolic OH excluding ortho intramolecular Hbond substituents is 1. The molecule has 0 unspecified atom stereocenters. The normalized spacial score (nSPS) is 53.7. The zero-order valence-electron chi connectivity index (χ0n) is 24.9. The standard InChI is InChI=1S/C38H52O/c1-21-32(36-12-23-3-24(13-36)5-25(4-23)14-36)22(2)35(39)34(38-18-29-9-30(19-38)11-31(10-29)20-38)33(21)37-15-26-6-27(16-37)8-28(7-26)17-37/h23-31,39H,3-20H2,1-2H3. The Hall–Kier alpha value is -0.980. The monoisotopic (exact) mass is 524 g/mol. The summed E-state index contributed by atoms with van der Waals surface area (Å²) < 4.78 is 0. The van der Waals surface area contributed by atoms with Gasteiger partial charge in [-0.25, -0.2) is 0 Å². The number of hydrogen-bond donors (Lipinski definition) is 1. The van der Waals surface area contributed by atoms with Gasteiger partial charge in [0.25, 0.3) is 0 Å². The van der Waals surface area contributed by atoms with Crippen molar-refractivity contribution in [1.82, 2.24) is 0 Å². The van der Waals surface area contributed by atoms with Crippen molar-refractivity contribution in [2.24, 2.45) is 53.3 Å². The Morgan fingerprint density at radius 2 is 0.641 bits per heavy atom. The van der Waals surface area contributed by atoms with E-state index in [1.54, 1.807) is 22.3 Å². The highest BCUT2D eigenvalue weighted by atomic mass is 16.3. The van der Waals surface area contributed by atoms with E-state index in [0.717, 1.165) is 59.0 Å². The van der Waals surface area contributed by atoms with Crippen LogP contribution in [0.15, 0.2) is 0 Å². The summed E-state index contributed by atoms with van der Waals surface area (Å²) in [5, 5.41) is 12.7. The van der Waals surface area contributed by atoms with Crippen molar-refractivity contribution in [2.75, 3.05) is 0 Å². The fraction of sp³-hybridized carbons (Fsp3) is 0.842. The zero-order chi connectivity index (χ0) is 25.9. The first-order valence-corrected chi connectivity index (χ1v) is 17.7. The molecule has 12 saturated carbocycles. The van der Waals surface area contributed by atoms with Crippen molar-refractivity contribution in [1.29, 1.82) is 0 Å². The lowest BCUT2D eigenvalue weighted by atomic mass is 9.42. The van der Waals surface area contributed by atoms with Crippen molar-refractivity contribution in [3.63, 3.8) is 0 Å². The minimum Gasteiger partial charge on any atom is -0.507 e. The van der Waals surface area contributed by atoms with Crippen molar-refractivity contribution in [3.8, 4) is 5.75 Å². The number of benzene rings is 1. The predicted molar refractivity (Wildman–Crippen MR) is 157 cm³/mol. The molecule has 0 spiro atoms. The molecule has 1 N–H and O–H groups in total. The first kappa shape index (κ1) is 23.6. The van der Waals surface area contributed by atoms with Gasteiger partial charge in [-0.1, -0.05) is 0 Å². The van der Waals surface area contributed by atoms with Crippen LogP contribution in [0.3, 0.4) is 0 Å². The van der Waals surface area contributed by atoms with Gasteiger partial charge in [-0.05, 0) is 216 Å². The molecule has 0 atom stereocenters. The Kier molecular flexibility index (Phi) is 4.53. The third kappa shape index (κ3) is 3.05. The Morgan fingerprint density at radius 1 is 0.385 bits per heavy atom. The van der Waals surface area contributed by atoms with Crippen LogP contribution >= 0.6 is 0 Å². The molecule has 1 nitrogen and oxygen atoms in total. The van der Waals surface area contributed by atoms with Gasteiger partial charge in [0, 0.05) is 11.0 Å². The Labute approximate surface area is 237 Å². The van der Waals surface area contributed by atoms with Gasteiger partial charge < -0.3 is 5.11 Å². The highest BCUT2D eigenvalue weighted by Gasteiger charge is 2.60. The van der Waals surface area contributed by atoms with Crippen LogP contribution in [0, 0.1) is 67.1 Å². The molecule has 12 aliphatic rings. The molecule has 13 rings (SSSR count). The predicted octanol–water partition coefficient (Wildman–Crippen LogP) is 9.41. The van der Waals surface area contributed by atoms with Gasteiger partial charge in [0.15, 0.2) is 0 Å². The van der Waals surface area contributed by atoms with Crippen LogP contribution in [0.1, 0.15) is 143 Å². The summed E-state index contributed by atoms with van der Waals surface area (Å²) in [6.07, 6.45) is 26.4. The fourth-order valence-corrected chi connectivity index (χ4v) is 16.2. The summed E-state index contributed by atoms with van der Waals surface area (Å²) in [4.78, 5) is 0. The molecule has 210 valence electrons. The summed E-state index contributed by atoms with van der Waals surface area (Å²) >= 11 is 0. The van der Waals surface area contributed by atoms with Crippen molar-refractivity contribution >= 4 is 0 Å². The van der Waals surface area contributed by atoms with Crippen molar-refractivity contribution < 1.29 is 5.11 Å². The fourth-order valence-electron chi connectivity index (χ4n) is 16.2. The van der Waals surface area contributed by atoms with Gasteiger partial charge in [-0.3, -0.25) is 0 Å². The molecule has 12 aliphatic carbocycles. The van der Waals surface area contributed by atoms with E-state index >= 15 is 0 Å². The average Bonchev–Trinajstić information content (AvgIpc) is 2.83. The first-order valence-electron chi connectivity index (χ1n) is 17.7. The summed E-state index contributed by atoms with van der Waals surface area (Å²) in [7, 11) is 0. The van der Waals surface area contributed by atoms with E-state index in [9.17, 15) is 5.11 Å². The lowest BCUT2D eigenvalue weighted by Gasteiger charge is -2.62. The van der Waals surface area contributed by atoms with E-state index in [4.69, 9.17) is 0 Å². The minimum atomic E-state index is 0.285. The van der Waals surface area contributed by atoms with E-state index in [-0.39, 0.29) is 5.41 Å². The lowest BCUT2D eigenvalue weighted by Crippen LogP contribution is -2.53.